The number of anilines is 2. The van der Waals surface area contributed by atoms with Crippen molar-refractivity contribution in [2.45, 2.75) is 0 Å². The largest absolute Gasteiger partial charge is 0.382 e. The molecular formula is C19H21N3O8S2. The number of aromatic nitrogens is 1. The van der Waals surface area contributed by atoms with Gasteiger partial charge < -0.3 is 10.6 Å². The van der Waals surface area contributed by atoms with Crippen LogP contribution >= 0.6 is 0 Å². The molecule has 0 radical (unpaired) electrons. The molecule has 32 heavy (non-hydrogen) atoms. The second-order valence-corrected chi connectivity index (χ2v) is 10.2. The molecule has 0 atom stereocenters. The fourth-order valence-corrected chi connectivity index (χ4v) is 3.94. The summed E-state index contributed by atoms with van der Waals surface area (Å²) in [7, 11) is -7.24. The van der Waals surface area contributed by atoms with Crippen LogP contribution in [0.5, 0.6) is 0 Å². The smallest absolute Gasteiger partial charge is 0.264 e. The van der Waals surface area contributed by atoms with E-state index in [0.717, 1.165) is 12.5 Å². The molecule has 0 spiro atoms. The highest BCUT2D eigenvalue weighted by Gasteiger charge is 2.34. The summed E-state index contributed by atoms with van der Waals surface area (Å²) in [5.74, 6) is -0.829. The Morgan fingerprint density at radius 1 is 0.781 bits per heavy atom. The molecule has 3 rings (SSSR count). The minimum Gasteiger partial charge on any atom is -0.382 e. The maximum atomic E-state index is 13.2. The molecule has 1 aliphatic rings. The van der Waals surface area contributed by atoms with Crippen molar-refractivity contribution in [3.8, 4) is 0 Å². The Bertz CT molecular complexity index is 1180. The van der Waals surface area contributed by atoms with Gasteiger partial charge in [-0.05, 0) is 18.2 Å². The van der Waals surface area contributed by atoms with Gasteiger partial charge in [0.2, 0.25) is 0 Å². The van der Waals surface area contributed by atoms with Gasteiger partial charge in [0.1, 0.15) is 0 Å². The van der Waals surface area contributed by atoms with E-state index in [1.807, 2.05) is 0 Å². The second-order valence-electron chi connectivity index (χ2n) is 6.90. The van der Waals surface area contributed by atoms with Gasteiger partial charge in [0.05, 0.1) is 42.4 Å². The van der Waals surface area contributed by atoms with Crippen molar-refractivity contribution in [3.63, 3.8) is 0 Å². The van der Waals surface area contributed by atoms with Crippen molar-refractivity contribution in [2.24, 2.45) is 0 Å². The van der Waals surface area contributed by atoms with Crippen LogP contribution in [0.15, 0.2) is 30.6 Å². The number of carbonyl (C=O) groups is 2. The van der Waals surface area contributed by atoms with E-state index in [1.54, 1.807) is 12.1 Å². The van der Waals surface area contributed by atoms with E-state index >= 15 is 0 Å². The molecular weight excluding hydrogens is 462 g/mol. The van der Waals surface area contributed by atoms with Crippen LogP contribution in [0.4, 0.5) is 11.4 Å². The molecule has 0 saturated carbocycles. The zero-order valence-corrected chi connectivity index (χ0v) is 18.9. The zero-order valence-electron chi connectivity index (χ0n) is 17.2. The minimum absolute atomic E-state index is 0.0653. The fraction of sp³-hybridized carbons (Fsp3) is 0.316. The average Bonchev–Trinajstić information content (AvgIpc) is 2.71. The maximum Gasteiger partial charge on any atom is 0.264 e. The van der Waals surface area contributed by atoms with Crippen LogP contribution in [0, 0.1) is 0 Å². The summed E-state index contributed by atoms with van der Waals surface area (Å²) in [5, 5.41) is 5.86. The standard InChI is InChI=1S/C19H21N3O8S2/c1-31(25,26)29-9-7-21-14-3-4-15(22-8-10-30-32(2,27)28)17-16(14)18(23)12-5-6-20-11-13(12)19(17)24/h3-6,11,21-22H,7-10H2,1-2H3. The third-order valence-corrected chi connectivity index (χ3v) is 5.59. The molecule has 172 valence electrons. The first-order chi connectivity index (χ1) is 15.0. The number of benzene rings is 1. The summed E-state index contributed by atoms with van der Waals surface area (Å²) < 4.78 is 53.9. The Labute approximate surface area is 185 Å². The van der Waals surface area contributed by atoms with Crippen LogP contribution in [-0.4, -0.2) is 72.2 Å². The Balaban J connectivity index is 1.92. The van der Waals surface area contributed by atoms with Gasteiger partial charge in [-0.25, -0.2) is 0 Å². The number of hydrogen-bond donors (Lipinski definition) is 2. The van der Waals surface area contributed by atoms with Crippen LogP contribution < -0.4 is 10.6 Å². The van der Waals surface area contributed by atoms with Crippen molar-refractivity contribution in [1.82, 2.24) is 4.98 Å². The number of nitrogens with zero attached hydrogens (tertiary/aromatic N) is 1. The maximum absolute atomic E-state index is 13.2. The van der Waals surface area contributed by atoms with Gasteiger partial charge in [-0.15, -0.1) is 0 Å². The molecule has 1 aliphatic carbocycles. The highest BCUT2D eigenvalue weighted by Crippen LogP contribution is 2.36. The fourth-order valence-electron chi connectivity index (χ4n) is 3.17. The van der Waals surface area contributed by atoms with E-state index in [9.17, 15) is 26.4 Å². The lowest BCUT2D eigenvalue weighted by molar-refractivity contribution is 0.0979. The van der Waals surface area contributed by atoms with Crippen LogP contribution in [0.1, 0.15) is 31.8 Å². The SMILES string of the molecule is CS(=O)(=O)OCCNc1ccc(NCCOS(C)(=O)=O)c2c1C(=O)c1ccncc1C2=O. The summed E-state index contributed by atoms with van der Waals surface area (Å²) in [5.41, 5.74) is 1.22. The number of hydrogen-bond acceptors (Lipinski definition) is 11. The highest BCUT2D eigenvalue weighted by molar-refractivity contribution is 7.86. The van der Waals surface area contributed by atoms with Crippen molar-refractivity contribution in [2.75, 3.05) is 49.4 Å². The summed E-state index contributed by atoms with van der Waals surface area (Å²) in [6, 6.07) is 4.58. The first kappa shape index (κ1) is 23.8. The predicted molar refractivity (Wildman–Crippen MR) is 116 cm³/mol. The number of nitrogens with one attached hydrogen (secondary N) is 2. The Morgan fingerprint density at radius 3 is 1.72 bits per heavy atom. The molecule has 1 aromatic carbocycles. The molecule has 1 heterocycles. The predicted octanol–water partition coefficient (Wildman–Crippen LogP) is 0.633. The third-order valence-electron chi connectivity index (χ3n) is 4.40. The van der Waals surface area contributed by atoms with Crippen molar-refractivity contribution in [3.05, 3.63) is 52.8 Å². The molecule has 0 aliphatic heterocycles. The van der Waals surface area contributed by atoms with Crippen LogP contribution in [0.2, 0.25) is 0 Å². The first-order valence-corrected chi connectivity index (χ1v) is 13.0. The van der Waals surface area contributed by atoms with Gasteiger partial charge in [0, 0.05) is 42.4 Å². The molecule has 1 aromatic heterocycles. The molecule has 0 amide bonds. The molecule has 0 unspecified atom stereocenters. The molecule has 2 aromatic rings. The van der Waals surface area contributed by atoms with E-state index in [1.165, 1.54) is 18.5 Å². The lowest BCUT2D eigenvalue weighted by Crippen LogP contribution is -2.25. The minimum atomic E-state index is -3.62. The van der Waals surface area contributed by atoms with E-state index in [0.29, 0.717) is 11.4 Å². The van der Waals surface area contributed by atoms with Crippen LogP contribution in [0.25, 0.3) is 0 Å². The Hall–Kier alpha value is -2.87. The number of carbonyl (C=O) groups excluding carboxylic acids is 2. The van der Waals surface area contributed by atoms with Crippen LogP contribution in [-0.2, 0) is 28.6 Å². The number of rotatable bonds is 10. The molecule has 13 heteroatoms. The van der Waals surface area contributed by atoms with Gasteiger partial charge in [-0.1, -0.05) is 0 Å². The van der Waals surface area contributed by atoms with Gasteiger partial charge in [0.25, 0.3) is 20.2 Å². The third kappa shape index (κ3) is 5.68. The average molecular weight is 484 g/mol. The number of pyridine rings is 1. The first-order valence-electron chi connectivity index (χ1n) is 9.35. The molecule has 0 saturated heterocycles. The van der Waals surface area contributed by atoms with Crippen molar-refractivity contribution >= 4 is 43.2 Å². The van der Waals surface area contributed by atoms with Crippen molar-refractivity contribution in [1.29, 1.82) is 0 Å². The second kappa shape index (κ2) is 9.32. The molecule has 11 nitrogen and oxygen atoms in total. The highest BCUT2D eigenvalue weighted by atomic mass is 32.2. The van der Waals surface area contributed by atoms with E-state index in [2.05, 4.69) is 19.8 Å². The summed E-state index contributed by atoms with van der Waals surface area (Å²) in [4.78, 5) is 30.3. The van der Waals surface area contributed by atoms with Gasteiger partial charge >= 0.3 is 0 Å². The molecule has 2 N–H and O–H groups in total. The van der Waals surface area contributed by atoms with E-state index in [-0.39, 0.29) is 48.6 Å². The van der Waals surface area contributed by atoms with Crippen LogP contribution in [0.3, 0.4) is 0 Å². The molecule has 0 bridgehead atoms. The van der Waals surface area contributed by atoms with Crippen molar-refractivity contribution < 1.29 is 34.8 Å². The monoisotopic (exact) mass is 483 g/mol. The molecule has 0 fully saturated rings. The van der Waals surface area contributed by atoms with Gasteiger partial charge in [0.15, 0.2) is 11.6 Å². The lowest BCUT2D eigenvalue weighted by Gasteiger charge is -2.23. The van der Waals surface area contributed by atoms with Gasteiger partial charge in [-0.2, -0.15) is 16.8 Å². The lowest BCUT2D eigenvalue weighted by atomic mass is 9.83. The van der Waals surface area contributed by atoms with E-state index < -0.39 is 31.8 Å². The number of fused-ring (bicyclic) bond motifs is 2. The summed E-state index contributed by atoms with van der Waals surface area (Å²) in [6.07, 6.45) is 4.58. The summed E-state index contributed by atoms with van der Waals surface area (Å²) in [6.45, 7) is -0.204. The summed E-state index contributed by atoms with van der Waals surface area (Å²) >= 11 is 0. The zero-order chi connectivity index (χ0) is 23.5. The number of ketones is 2. The Kier molecular flexibility index (Phi) is 6.93. The van der Waals surface area contributed by atoms with Gasteiger partial charge in [-0.3, -0.25) is 22.9 Å². The van der Waals surface area contributed by atoms with E-state index in [4.69, 9.17) is 4.18 Å². The quantitative estimate of drug-likeness (QED) is 0.308. The Morgan fingerprint density at radius 2 is 1.25 bits per heavy atom. The normalized spacial score (nSPS) is 13.4. The topological polar surface area (TPSA) is 158 Å².